The topological polar surface area (TPSA) is 70.2 Å². The van der Waals surface area contributed by atoms with E-state index in [2.05, 4.69) is 9.72 Å². The first-order valence-electron chi connectivity index (χ1n) is 12.4. The van der Waals surface area contributed by atoms with Crippen LogP contribution in [0.4, 0.5) is 8.78 Å². The third-order valence-electron chi connectivity index (χ3n) is 7.11. The third kappa shape index (κ3) is 4.99. The number of hydrogen-bond acceptors (Lipinski definition) is 5. The SMILES string of the molecule is CCOC(=O)c1ccc(-c2cn(CC3CCC(F)(F)CC3)c3cc(-c4c(C)noc4C)cnc23)cc1Cl. The van der Waals surface area contributed by atoms with E-state index in [1.54, 1.807) is 25.3 Å². The van der Waals surface area contributed by atoms with Crippen molar-refractivity contribution in [2.75, 3.05) is 6.61 Å². The summed E-state index contributed by atoms with van der Waals surface area (Å²) >= 11 is 6.46. The number of halogens is 3. The molecular formula is C28H28ClF2N3O3. The van der Waals surface area contributed by atoms with Crippen molar-refractivity contribution in [3.63, 3.8) is 0 Å². The number of carbonyl (C=O) groups excluding carboxylic acids is 1. The average Bonchev–Trinajstić information content (AvgIpc) is 3.39. The third-order valence-corrected chi connectivity index (χ3v) is 7.42. The first-order valence-corrected chi connectivity index (χ1v) is 12.8. The van der Waals surface area contributed by atoms with Crippen molar-refractivity contribution in [1.82, 2.24) is 14.7 Å². The molecule has 1 aliphatic carbocycles. The summed E-state index contributed by atoms with van der Waals surface area (Å²) in [6.07, 6.45) is 4.56. The molecule has 37 heavy (non-hydrogen) atoms. The van der Waals surface area contributed by atoms with E-state index in [4.69, 9.17) is 25.8 Å². The van der Waals surface area contributed by atoms with Crippen LogP contribution in [0.3, 0.4) is 0 Å². The maximum Gasteiger partial charge on any atom is 0.339 e. The van der Waals surface area contributed by atoms with E-state index >= 15 is 0 Å². The zero-order valence-corrected chi connectivity index (χ0v) is 21.7. The van der Waals surface area contributed by atoms with Gasteiger partial charge >= 0.3 is 5.97 Å². The highest BCUT2D eigenvalue weighted by molar-refractivity contribution is 6.34. The fourth-order valence-corrected chi connectivity index (χ4v) is 5.44. The molecule has 1 saturated carbocycles. The van der Waals surface area contributed by atoms with Gasteiger partial charge in [0.2, 0.25) is 5.92 Å². The van der Waals surface area contributed by atoms with Gasteiger partial charge in [0.25, 0.3) is 0 Å². The fourth-order valence-electron chi connectivity index (χ4n) is 5.18. The summed E-state index contributed by atoms with van der Waals surface area (Å²) < 4.78 is 40.1. The van der Waals surface area contributed by atoms with E-state index in [-0.39, 0.29) is 25.4 Å². The number of aryl methyl sites for hydroxylation is 2. The molecule has 5 rings (SSSR count). The Morgan fingerprint density at radius 2 is 1.97 bits per heavy atom. The van der Waals surface area contributed by atoms with Gasteiger partial charge in [-0.15, -0.1) is 0 Å². The van der Waals surface area contributed by atoms with Gasteiger partial charge in [-0.2, -0.15) is 0 Å². The van der Waals surface area contributed by atoms with Crippen LogP contribution in [0.5, 0.6) is 0 Å². The molecule has 0 unspecified atom stereocenters. The smallest absolute Gasteiger partial charge is 0.339 e. The van der Waals surface area contributed by atoms with Gasteiger partial charge < -0.3 is 13.8 Å². The quantitative estimate of drug-likeness (QED) is 0.241. The van der Waals surface area contributed by atoms with Crippen LogP contribution in [0.2, 0.25) is 5.02 Å². The minimum atomic E-state index is -2.57. The molecule has 1 aliphatic rings. The molecule has 6 nitrogen and oxygen atoms in total. The minimum absolute atomic E-state index is 0.0861. The van der Waals surface area contributed by atoms with Gasteiger partial charge in [-0.25, -0.2) is 13.6 Å². The molecule has 3 heterocycles. The Labute approximate surface area is 218 Å². The molecule has 194 valence electrons. The van der Waals surface area contributed by atoms with Crippen LogP contribution in [0.25, 0.3) is 33.3 Å². The molecule has 0 atom stereocenters. The Morgan fingerprint density at radius 1 is 1.22 bits per heavy atom. The van der Waals surface area contributed by atoms with E-state index in [9.17, 15) is 13.6 Å². The van der Waals surface area contributed by atoms with Crippen LogP contribution in [0.15, 0.2) is 41.2 Å². The Balaban J connectivity index is 1.58. The van der Waals surface area contributed by atoms with Gasteiger partial charge in [-0.3, -0.25) is 4.98 Å². The standard InChI is InChI=1S/C28H28ClF2N3O3/c1-4-36-27(35)21-6-5-19(11-23(21)29)22-15-34(14-18-7-9-28(30,31)10-8-18)24-12-20(13-32-26(22)24)25-16(2)33-37-17(25)3/h5-6,11-13,15,18H,4,7-10,14H2,1-3H3. The number of esters is 1. The largest absolute Gasteiger partial charge is 0.462 e. The van der Waals surface area contributed by atoms with Crippen molar-refractivity contribution in [3.05, 3.63) is 58.7 Å². The van der Waals surface area contributed by atoms with E-state index in [0.29, 0.717) is 35.7 Å². The van der Waals surface area contributed by atoms with Gasteiger partial charge in [0, 0.05) is 48.5 Å². The van der Waals surface area contributed by atoms with Crippen molar-refractivity contribution < 1.29 is 22.8 Å². The average molecular weight is 528 g/mol. The van der Waals surface area contributed by atoms with Crippen LogP contribution in [0.1, 0.15) is 54.4 Å². The predicted molar refractivity (Wildman–Crippen MR) is 138 cm³/mol. The predicted octanol–water partition coefficient (Wildman–Crippen LogP) is 7.63. The molecule has 4 aromatic rings. The molecule has 0 radical (unpaired) electrons. The molecule has 0 N–H and O–H groups in total. The summed E-state index contributed by atoms with van der Waals surface area (Å²) in [5.74, 6) is -2.21. The molecule has 1 aromatic carbocycles. The monoisotopic (exact) mass is 527 g/mol. The number of nitrogens with zero attached hydrogens (tertiary/aromatic N) is 3. The number of alkyl halides is 2. The molecule has 0 aliphatic heterocycles. The zero-order valence-electron chi connectivity index (χ0n) is 21.0. The van der Waals surface area contributed by atoms with Gasteiger partial charge in [0.1, 0.15) is 5.76 Å². The Bertz CT molecular complexity index is 1450. The molecule has 0 bridgehead atoms. The highest BCUT2D eigenvalue weighted by Gasteiger charge is 2.35. The molecule has 1 fully saturated rings. The first-order chi connectivity index (χ1) is 17.7. The molecule has 9 heteroatoms. The molecular weight excluding hydrogens is 500 g/mol. The second-order valence-corrected chi connectivity index (χ2v) is 10.1. The number of fused-ring (bicyclic) bond motifs is 1. The highest BCUT2D eigenvalue weighted by atomic mass is 35.5. The van der Waals surface area contributed by atoms with Crippen molar-refractivity contribution in [2.24, 2.45) is 5.92 Å². The van der Waals surface area contributed by atoms with Crippen molar-refractivity contribution >= 4 is 28.6 Å². The summed E-state index contributed by atoms with van der Waals surface area (Å²) in [5, 5.41) is 4.36. The lowest BCUT2D eigenvalue weighted by atomic mass is 9.87. The normalized spacial score (nSPS) is 15.8. The lowest BCUT2D eigenvalue weighted by Crippen LogP contribution is -2.26. The maximum atomic E-state index is 13.8. The lowest BCUT2D eigenvalue weighted by Gasteiger charge is -2.28. The molecule has 0 spiro atoms. The first kappa shape index (κ1) is 25.4. The Morgan fingerprint density at radius 3 is 2.62 bits per heavy atom. The van der Waals surface area contributed by atoms with Crippen LogP contribution < -0.4 is 0 Å². The molecule has 3 aromatic heterocycles. The zero-order chi connectivity index (χ0) is 26.3. The molecule has 0 amide bonds. The second-order valence-electron chi connectivity index (χ2n) is 9.70. The van der Waals surface area contributed by atoms with E-state index < -0.39 is 11.9 Å². The number of ether oxygens (including phenoxy) is 1. The summed E-state index contributed by atoms with van der Waals surface area (Å²) in [4.78, 5) is 17.0. The van der Waals surface area contributed by atoms with Crippen LogP contribution in [-0.2, 0) is 11.3 Å². The van der Waals surface area contributed by atoms with Gasteiger partial charge in [0.15, 0.2) is 0 Å². The summed E-state index contributed by atoms with van der Waals surface area (Å²) in [6.45, 7) is 6.35. The van der Waals surface area contributed by atoms with Crippen LogP contribution in [-0.4, -0.2) is 33.2 Å². The molecule has 0 saturated heterocycles. The van der Waals surface area contributed by atoms with Crippen LogP contribution in [0, 0.1) is 19.8 Å². The van der Waals surface area contributed by atoms with Crippen molar-refractivity contribution in [3.8, 4) is 22.3 Å². The summed E-state index contributed by atoms with van der Waals surface area (Å²) in [6, 6.07) is 7.25. The van der Waals surface area contributed by atoms with E-state index in [1.165, 1.54) is 0 Å². The number of carbonyl (C=O) groups is 1. The number of pyridine rings is 1. The van der Waals surface area contributed by atoms with Crippen molar-refractivity contribution in [1.29, 1.82) is 0 Å². The number of hydrogen-bond donors (Lipinski definition) is 0. The summed E-state index contributed by atoms with van der Waals surface area (Å²) in [5.41, 5.74) is 6.13. The minimum Gasteiger partial charge on any atom is -0.462 e. The van der Waals surface area contributed by atoms with E-state index in [0.717, 1.165) is 39.0 Å². The maximum absolute atomic E-state index is 13.8. The Kier molecular flexibility index (Phi) is 6.79. The highest BCUT2D eigenvalue weighted by Crippen LogP contribution is 2.39. The van der Waals surface area contributed by atoms with E-state index in [1.807, 2.05) is 32.2 Å². The van der Waals surface area contributed by atoms with Gasteiger partial charge in [-0.05, 0) is 63.3 Å². The van der Waals surface area contributed by atoms with Gasteiger partial charge in [0.05, 0.1) is 33.9 Å². The fraction of sp³-hybridized carbons (Fsp3) is 0.393. The van der Waals surface area contributed by atoms with Gasteiger partial charge in [-0.1, -0.05) is 22.8 Å². The summed E-state index contributed by atoms with van der Waals surface area (Å²) in [7, 11) is 0. The van der Waals surface area contributed by atoms with Crippen molar-refractivity contribution in [2.45, 2.75) is 58.9 Å². The number of benzene rings is 1. The lowest BCUT2D eigenvalue weighted by molar-refractivity contribution is -0.0472. The Hall–Kier alpha value is -3.26. The number of rotatable bonds is 6. The second kappa shape index (κ2) is 9.89. The number of aromatic nitrogens is 3. The van der Waals surface area contributed by atoms with Crippen LogP contribution >= 0.6 is 11.6 Å².